The number of nitriles is 1. The van der Waals surface area contributed by atoms with E-state index >= 15 is 0 Å². The van der Waals surface area contributed by atoms with Crippen LogP contribution >= 0.6 is 11.6 Å². The Labute approximate surface area is 148 Å². The molecular formula is C17H13ClN6O. The highest BCUT2D eigenvalue weighted by Crippen LogP contribution is 2.38. The van der Waals surface area contributed by atoms with Crippen molar-refractivity contribution in [2.75, 3.05) is 5.32 Å². The number of hydrogen-bond acceptors (Lipinski definition) is 5. The zero-order valence-corrected chi connectivity index (χ0v) is 14.0. The minimum Gasteiger partial charge on any atom is -0.309 e. The molecule has 0 radical (unpaired) electrons. The first kappa shape index (κ1) is 15.5. The van der Waals surface area contributed by atoms with Crippen molar-refractivity contribution in [3.8, 4) is 17.2 Å². The van der Waals surface area contributed by atoms with Crippen molar-refractivity contribution in [2.45, 2.75) is 6.42 Å². The molecule has 1 aromatic carbocycles. The van der Waals surface area contributed by atoms with E-state index in [9.17, 15) is 4.79 Å². The number of nitrogens with one attached hydrogen (secondary N) is 1. The average Bonchev–Trinajstić information content (AvgIpc) is 3.27. The summed E-state index contributed by atoms with van der Waals surface area (Å²) < 4.78 is 1.71. The molecule has 2 aromatic heterocycles. The summed E-state index contributed by atoms with van der Waals surface area (Å²) in [6.45, 7) is 0. The van der Waals surface area contributed by atoms with Crippen LogP contribution in [0.15, 0.2) is 30.6 Å². The highest BCUT2D eigenvalue weighted by Gasteiger charge is 2.43. The average molecular weight is 353 g/mol. The fourth-order valence-corrected chi connectivity index (χ4v) is 3.02. The predicted octanol–water partition coefficient (Wildman–Crippen LogP) is 2.78. The van der Waals surface area contributed by atoms with E-state index in [1.807, 2.05) is 25.4 Å². The lowest BCUT2D eigenvalue weighted by Crippen LogP contribution is -2.15. The zero-order chi connectivity index (χ0) is 17.6. The van der Waals surface area contributed by atoms with Gasteiger partial charge in [-0.3, -0.25) is 9.48 Å². The Hall–Kier alpha value is -2.98. The molecule has 2 heterocycles. The summed E-state index contributed by atoms with van der Waals surface area (Å²) in [7, 11) is 1.84. The van der Waals surface area contributed by atoms with Crippen molar-refractivity contribution in [1.82, 2.24) is 20.0 Å². The number of benzene rings is 1. The number of aromatic nitrogens is 4. The van der Waals surface area contributed by atoms with Crippen LogP contribution in [0.5, 0.6) is 0 Å². The predicted molar refractivity (Wildman–Crippen MR) is 92.6 cm³/mol. The topological polar surface area (TPSA) is 96.5 Å². The van der Waals surface area contributed by atoms with Crippen molar-refractivity contribution in [3.63, 3.8) is 0 Å². The maximum absolute atomic E-state index is 12.1. The molecule has 0 bridgehead atoms. The van der Waals surface area contributed by atoms with Crippen LogP contribution in [0.4, 0.5) is 5.82 Å². The molecule has 8 heteroatoms. The van der Waals surface area contributed by atoms with Gasteiger partial charge in [-0.25, -0.2) is 0 Å². The Balaban J connectivity index is 1.67. The van der Waals surface area contributed by atoms with Crippen LogP contribution in [0.3, 0.4) is 0 Å². The fraction of sp³-hybridized carbons (Fsp3) is 0.235. The summed E-state index contributed by atoms with van der Waals surface area (Å²) in [6.07, 6.45) is 4.24. The van der Waals surface area contributed by atoms with Crippen molar-refractivity contribution >= 4 is 34.2 Å². The van der Waals surface area contributed by atoms with E-state index in [1.165, 1.54) is 0 Å². The number of anilines is 1. The fourth-order valence-electron chi connectivity index (χ4n) is 2.76. The van der Waals surface area contributed by atoms with E-state index in [2.05, 4.69) is 26.7 Å². The van der Waals surface area contributed by atoms with Gasteiger partial charge < -0.3 is 5.32 Å². The van der Waals surface area contributed by atoms with Crippen LogP contribution < -0.4 is 5.32 Å². The Morgan fingerprint density at radius 2 is 2.20 bits per heavy atom. The zero-order valence-electron chi connectivity index (χ0n) is 13.3. The standard InChI is InChI=1S/C17H13ClN6O/c1-24-8-12(7-20-24)9-2-10-5-15(22-23-16(10)14(18)4-9)21-17(25)13-3-11(13)6-19/h2,4-5,7-8,11,13H,3H2,1H3,(H,21,22,25)/t11-,13+/m0/s1. The molecule has 1 amide bonds. The number of rotatable bonds is 3. The van der Waals surface area contributed by atoms with E-state index in [4.69, 9.17) is 16.9 Å². The number of hydrogen-bond donors (Lipinski definition) is 1. The molecule has 0 aliphatic heterocycles. The van der Waals surface area contributed by atoms with Crippen molar-refractivity contribution in [1.29, 1.82) is 5.26 Å². The van der Waals surface area contributed by atoms with Crippen LogP contribution in [0.2, 0.25) is 5.02 Å². The summed E-state index contributed by atoms with van der Waals surface area (Å²) >= 11 is 6.32. The van der Waals surface area contributed by atoms with E-state index < -0.39 is 0 Å². The largest absolute Gasteiger partial charge is 0.309 e. The van der Waals surface area contributed by atoms with Crippen LogP contribution in [0.25, 0.3) is 22.0 Å². The second-order valence-corrected chi connectivity index (χ2v) is 6.50. The SMILES string of the molecule is Cn1cc(-c2cc(Cl)c3nnc(NC(=O)[C@@H]4C[C@H]4C#N)cc3c2)cn1. The van der Waals surface area contributed by atoms with Crippen LogP contribution in [0.1, 0.15) is 6.42 Å². The number of halogens is 1. The molecule has 2 atom stereocenters. The molecule has 0 saturated heterocycles. The number of fused-ring (bicyclic) bond motifs is 1. The minimum absolute atomic E-state index is 0.194. The normalized spacial score (nSPS) is 18.8. The molecule has 1 saturated carbocycles. The van der Waals surface area contributed by atoms with Gasteiger partial charge in [-0.2, -0.15) is 10.4 Å². The summed E-state index contributed by atoms with van der Waals surface area (Å²) in [5, 5.41) is 25.1. The van der Waals surface area contributed by atoms with E-state index in [0.717, 1.165) is 16.5 Å². The van der Waals surface area contributed by atoms with E-state index in [-0.39, 0.29) is 17.7 Å². The van der Waals surface area contributed by atoms with Crippen LogP contribution in [0, 0.1) is 23.2 Å². The summed E-state index contributed by atoms with van der Waals surface area (Å²) in [5.74, 6) is -0.303. The minimum atomic E-state index is -0.257. The Kier molecular flexibility index (Phi) is 3.62. The van der Waals surface area contributed by atoms with E-state index in [1.54, 1.807) is 16.9 Å². The molecule has 124 valence electrons. The van der Waals surface area contributed by atoms with Crippen molar-refractivity contribution in [2.24, 2.45) is 18.9 Å². The molecule has 1 aliphatic rings. The molecule has 1 aliphatic carbocycles. The molecule has 25 heavy (non-hydrogen) atoms. The third kappa shape index (κ3) is 2.92. The number of carbonyl (C=O) groups excluding carboxylic acids is 1. The van der Waals surface area contributed by atoms with Gasteiger partial charge >= 0.3 is 0 Å². The second-order valence-electron chi connectivity index (χ2n) is 6.10. The van der Waals surface area contributed by atoms with Crippen molar-refractivity contribution in [3.05, 3.63) is 35.6 Å². The molecule has 3 aromatic rings. The molecular weight excluding hydrogens is 340 g/mol. The molecule has 1 N–H and O–H groups in total. The Morgan fingerprint density at radius 3 is 2.88 bits per heavy atom. The van der Waals surface area contributed by atoms with Gasteiger partial charge in [0.05, 0.1) is 29.1 Å². The van der Waals surface area contributed by atoms with E-state index in [0.29, 0.717) is 22.8 Å². The summed E-state index contributed by atoms with van der Waals surface area (Å²) in [6, 6.07) is 7.57. The Bertz CT molecular complexity index is 1040. The number of carbonyl (C=O) groups is 1. The third-order valence-electron chi connectivity index (χ3n) is 4.23. The smallest absolute Gasteiger partial charge is 0.230 e. The maximum atomic E-state index is 12.1. The highest BCUT2D eigenvalue weighted by molar-refractivity contribution is 6.35. The van der Waals surface area contributed by atoms with Gasteiger partial charge in [0, 0.05) is 24.2 Å². The first-order valence-electron chi connectivity index (χ1n) is 7.71. The molecule has 0 spiro atoms. The molecule has 1 fully saturated rings. The van der Waals surface area contributed by atoms with Gasteiger partial charge in [0.1, 0.15) is 5.52 Å². The third-order valence-corrected chi connectivity index (χ3v) is 4.51. The number of amides is 1. The monoisotopic (exact) mass is 352 g/mol. The molecule has 0 unspecified atom stereocenters. The number of aryl methyl sites for hydroxylation is 1. The van der Waals surface area contributed by atoms with Crippen LogP contribution in [-0.2, 0) is 11.8 Å². The van der Waals surface area contributed by atoms with Gasteiger partial charge in [-0.15, -0.1) is 10.2 Å². The lowest BCUT2D eigenvalue weighted by Gasteiger charge is -2.07. The lowest BCUT2D eigenvalue weighted by atomic mass is 10.1. The Morgan fingerprint density at radius 1 is 1.36 bits per heavy atom. The van der Waals surface area contributed by atoms with Gasteiger partial charge in [0.2, 0.25) is 5.91 Å². The number of nitrogens with zero attached hydrogens (tertiary/aromatic N) is 5. The highest BCUT2D eigenvalue weighted by atomic mass is 35.5. The molecule has 7 nitrogen and oxygen atoms in total. The first-order chi connectivity index (χ1) is 12.0. The van der Waals surface area contributed by atoms with Gasteiger partial charge in [-0.1, -0.05) is 11.6 Å². The first-order valence-corrected chi connectivity index (χ1v) is 8.09. The van der Waals surface area contributed by atoms with Crippen LogP contribution in [-0.4, -0.2) is 25.9 Å². The quantitative estimate of drug-likeness (QED) is 0.781. The van der Waals surface area contributed by atoms with Crippen molar-refractivity contribution < 1.29 is 4.79 Å². The van der Waals surface area contributed by atoms with Gasteiger partial charge in [0.25, 0.3) is 0 Å². The lowest BCUT2D eigenvalue weighted by molar-refractivity contribution is -0.117. The summed E-state index contributed by atoms with van der Waals surface area (Å²) in [5.41, 5.74) is 2.40. The van der Waals surface area contributed by atoms with Gasteiger partial charge in [-0.05, 0) is 30.2 Å². The maximum Gasteiger partial charge on any atom is 0.230 e. The van der Waals surface area contributed by atoms with Gasteiger partial charge in [0.15, 0.2) is 5.82 Å². The molecule has 4 rings (SSSR count). The second kappa shape index (κ2) is 5.83. The summed E-state index contributed by atoms with van der Waals surface area (Å²) in [4.78, 5) is 12.1.